The van der Waals surface area contributed by atoms with Crippen molar-refractivity contribution in [2.24, 2.45) is 5.73 Å². The van der Waals surface area contributed by atoms with Gasteiger partial charge in [-0.1, -0.05) is 0 Å². The lowest BCUT2D eigenvalue weighted by atomic mass is 10.1. The first kappa shape index (κ1) is 6.01. The summed E-state index contributed by atoms with van der Waals surface area (Å²) in [4.78, 5) is 0. The molecule has 0 aromatic carbocycles. The summed E-state index contributed by atoms with van der Waals surface area (Å²) < 4.78 is 0. The Hall–Kier alpha value is -0.120. The average molecular weight is 116 g/mol. The molecule has 0 amide bonds. The molecule has 3 nitrogen and oxygen atoms in total. The molecule has 1 aliphatic rings. The third-order valence-electron chi connectivity index (χ3n) is 1.50. The van der Waals surface area contributed by atoms with Crippen molar-refractivity contribution in [3.05, 3.63) is 0 Å². The molecule has 0 aromatic heterocycles. The van der Waals surface area contributed by atoms with Crippen LogP contribution in [0.15, 0.2) is 0 Å². The van der Waals surface area contributed by atoms with E-state index in [4.69, 9.17) is 10.8 Å². The molecular weight excluding hydrogens is 104 g/mol. The van der Waals surface area contributed by atoms with Crippen molar-refractivity contribution in [3.63, 3.8) is 0 Å². The summed E-state index contributed by atoms with van der Waals surface area (Å²) >= 11 is 0. The third-order valence-corrected chi connectivity index (χ3v) is 1.50. The van der Waals surface area contributed by atoms with Crippen LogP contribution in [0.3, 0.4) is 0 Å². The van der Waals surface area contributed by atoms with Crippen LogP contribution in [0.5, 0.6) is 0 Å². The Morgan fingerprint density at radius 2 is 2.38 bits per heavy atom. The number of aliphatic hydroxyl groups is 1. The van der Waals surface area contributed by atoms with Gasteiger partial charge in [0.15, 0.2) is 0 Å². The van der Waals surface area contributed by atoms with Crippen molar-refractivity contribution >= 4 is 0 Å². The van der Waals surface area contributed by atoms with E-state index < -0.39 is 0 Å². The van der Waals surface area contributed by atoms with E-state index in [0.29, 0.717) is 6.54 Å². The number of piperidine rings is 1. The fourth-order valence-electron chi connectivity index (χ4n) is 0.862. The normalized spacial score (nSPS) is 39.8. The van der Waals surface area contributed by atoms with E-state index in [1.165, 1.54) is 0 Å². The molecule has 1 heterocycles. The summed E-state index contributed by atoms with van der Waals surface area (Å²) in [5.41, 5.74) is 5.49. The Bertz CT molecular complexity index is 66.8. The number of nitrogens with two attached hydrogens (primary N) is 1. The first-order chi connectivity index (χ1) is 3.80. The predicted molar refractivity (Wildman–Crippen MR) is 31.5 cm³/mol. The molecule has 8 heavy (non-hydrogen) atoms. The highest BCUT2D eigenvalue weighted by atomic mass is 16.3. The van der Waals surface area contributed by atoms with Gasteiger partial charge < -0.3 is 16.2 Å². The molecule has 2 atom stereocenters. The van der Waals surface area contributed by atoms with Gasteiger partial charge in [0.25, 0.3) is 0 Å². The summed E-state index contributed by atoms with van der Waals surface area (Å²) in [7, 11) is 0. The van der Waals surface area contributed by atoms with Crippen LogP contribution in [-0.4, -0.2) is 30.3 Å². The largest absolute Gasteiger partial charge is 0.390 e. The SMILES string of the molecule is NC1CCNC[C@H]1O. The Kier molecular flexibility index (Phi) is 1.83. The lowest BCUT2D eigenvalue weighted by Crippen LogP contribution is -2.48. The second-order valence-electron chi connectivity index (χ2n) is 2.22. The van der Waals surface area contributed by atoms with E-state index in [9.17, 15) is 0 Å². The molecule has 0 bridgehead atoms. The van der Waals surface area contributed by atoms with Crippen LogP contribution in [0.2, 0.25) is 0 Å². The molecular formula is C5H12N2O. The minimum atomic E-state index is -0.330. The third kappa shape index (κ3) is 1.18. The van der Waals surface area contributed by atoms with Crippen LogP contribution >= 0.6 is 0 Å². The van der Waals surface area contributed by atoms with Gasteiger partial charge in [0, 0.05) is 12.6 Å². The van der Waals surface area contributed by atoms with Crippen LogP contribution in [0.1, 0.15) is 6.42 Å². The predicted octanol–water partition coefficient (Wildman–Crippen LogP) is -1.33. The monoisotopic (exact) mass is 116 g/mol. The zero-order chi connectivity index (χ0) is 5.98. The van der Waals surface area contributed by atoms with Gasteiger partial charge in [0.2, 0.25) is 0 Å². The van der Waals surface area contributed by atoms with Crippen molar-refractivity contribution in [2.45, 2.75) is 18.6 Å². The fourth-order valence-corrected chi connectivity index (χ4v) is 0.862. The highest BCUT2D eigenvalue weighted by Gasteiger charge is 2.17. The number of nitrogens with one attached hydrogen (secondary N) is 1. The maximum Gasteiger partial charge on any atom is 0.0815 e. The van der Waals surface area contributed by atoms with Gasteiger partial charge >= 0.3 is 0 Å². The summed E-state index contributed by atoms with van der Waals surface area (Å²) in [6.07, 6.45) is 0.560. The van der Waals surface area contributed by atoms with Crippen LogP contribution in [0, 0.1) is 0 Å². The van der Waals surface area contributed by atoms with Crippen molar-refractivity contribution in [2.75, 3.05) is 13.1 Å². The Morgan fingerprint density at radius 3 is 2.75 bits per heavy atom. The lowest BCUT2D eigenvalue weighted by Gasteiger charge is -2.24. The molecule has 3 heteroatoms. The van der Waals surface area contributed by atoms with Gasteiger partial charge in [-0.05, 0) is 13.0 Å². The van der Waals surface area contributed by atoms with Gasteiger partial charge in [-0.15, -0.1) is 0 Å². The van der Waals surface area contributed by atoms with Crippen LogP contribution in [0.4, 0.5) is 0 Å². The van der Waals surface area contributed by atoms with E-state index >= 15 is 0 Å². The molecule has 0 saturated carbocycles. The molecule has 48 valence electrons. The van der Waals surface area contributed by atoms with Crippen LogP contribution < -0.4 is 11.1 Å². The van der Waals surface area contributed by atoms with Gasteiger partial charge in [0.1, 0.15) is 0 Å². The van der Waals surface area contributed by atoms with Crippen molar-refractivity contribution < 1.29 is 5.11 Å². The minimum absolute atomic E-state index is 0.00347. The number of β-amino-alcohol motifs (C(OH)–C–C–N with tert-alkyl or cyclic N) is 1. The molecule has 1 saturated heterocycles. The second-order valence-corrected chi connectivity index (χ2v) is 2.22. The van der Waals surface area contributed by atoms with Crippen LogP contribution in [0.25, 0.3) is 0 Å². The molecule has 0 radical (unpaired) electrons. The average Bonchev–Trinajstić information content (AvgIpc) is 1.77. The van der Waals surface area contributed by atoms with Gasteiger partial charge in [0.05, 0.1) is 6.10 Å². The van der Waals surface area contributed by atoms with E-state index in [-0.39, 0.29) is 12.1 Å². The van der Waals surface area contributed by atoms with Gasteiger partial charge in [-0.2, -0.15) is 0 Å². The molecule has 1 rings (SSSR count). The van der Waals surface area contributed by atoms with Gasteiger partial charge in [-0.25, -0.2) is 0 Å². The summed E-state index contributed by atoms with van der Waals surface area (Å²) in [6, 6.07) is -0.00347. The first-order valence-electron chi connectivity index (χ1n) is 2.95. The van der Waals surface area contributed by atoms with E-state index in [1.54, 1.807) is 0 Å². The number of hydrogen-bond donors (Lipinski definition) is 3. The molecule has 4 N–H and O–H groups in total. The standard InChI is InChI=1S/C5H12N2O/c6-4-1-2-7-3-5(4)8/h4-5,7-8H,1-3,6H2/t4?,5-/m1/s1. The number of hydrogen-bond acceptors (Lipinski definition) is 3. The molecule has 0 aromatic rings. The fraction of sp³-hybridized carbons (Fsp3) is 1.00. The van der Waals surface area contributed by atoms with Crippen molar-refractivity contribution in [3.8, 4) is 0 Å². The highest BCUT2D eigenvalue weighted by Crippen LogP contribution is 1.98. The maximum absolute atomic E-state index is 8.99. The minimum Gasteiger partial charge on any atom is -0.390 e. The maximum atomic E-state index is 8.99. The topological polar surface area (TPSA) is 58.3 Å². The van der Waals surface area contributed by atoms with Crippen molar-refractivity contribution in [1.82, 2.24) is 5.32 Å². The van der Waals surface area contributed by atoms with E-state index in [1.807, 2.05) is 0 Å². The second kappa shape index (κ2) is 2.44. The summed E-state index contributed by atoms with van der Waals surface area (Å²) in [5.74, 6) is 0. The van der Waals surface area contributed by atoms with Gasteiger partial charge in [-0.3, -0.25) is 0 Å². The molecule has 0 spiro atoms. The summed E-state index contributed by atoms with van der Waals surface area (Å²) in [6.45, 7) is 1.60. The molecule has 1 fully saturated rings. The van der Waals surface area contributed by atoms with Crippen LogP contribution in [-0.2, 0) is 0 Å². The zero-order valence-electron chi connectivity index (χ0n) is 4.80. The van der Waals surface area contributed by atoms with E-state index in [0.717, 1.165) is 13.0 Å². The molecule has 0 aliphatic carbocycles. The first-order valence-corrected chi connectivity index (χ1v) is 2.95. The lowest BCUT2D eigenvalue weighted by molar-refractivity contribution is 0.120. The summed E-state index contributed by atoms with van der Waals surface area (Å²) in [5, 5.41) is 12.0. The quantitative estimate of drug-likeness (QED) is 0.367. The Labute approximate surface area is 48.9 Å². The Balaban J connectivity index is 2.28. The van der Waals surface area contributed by atoms with Crippen molar-refractivity contribution in [1.29, 1.82) is 0 Å². The molecule has 1 unspecified atom stereocenters. The zero-order valence-corrected chi connectivity index (χ0v) is 4.80. The smallest absolute Gasteiger partial charge is 0.0815 e. The number of aliphatic hydroxyl groups excluding tert-OH is 1. The highest BCUT2D eigenvalue weighted by molar-refractivity contribution is 4.79. The Morgan fingerprint density at radius 1 is 1.62 bits per heavy atom. The number of rotatable bonds is 0. The van der Waals surface area contributed by atoms with E-state index in [2.05, 4.69) is 5.32 Å². The molecule has 1 aliphatic heterocycles.